The van der Waals surface area contributed by atoms with E-state index in [0.29, 0.717) is 5.41 Å². The first-order chi connectivity index (χ1) is 13.2. The summed E-state index contributed by atoms with van der Waals surface area (Å²) in [6.07, 6.45) is 8.34. The van der Waals surface area contributed by atoms with Crippen molar-refractivity contribution in [2.75, 3.05) is 6.54 Å². The lowest BCUT2D eigenvalue weighted by atomic mass is 9.49. The number of carbonyl (C=O) groups excluding carboxylic acids is 1. The second-order valence-electron chi connectivity index (χ2n) is 8.86. The Morgan fingerprint density at radius 3 is 2.52 bits per heavy atom. The molecule has 4 bridgehead atoms. The van der Waals surface area contributed by atoms with E-state index in [0.717, 1.165) is 46.2 Å². The molecule has 1 amide bonds. The zero-order chi connectivity index (χ0) is 18.3. The van der Waals surface area contributed by atoms with E-state index >= 15 is 0 Å². The van der Waals surface area contributed by atoms with Crippen LogP contribution in [0.25, 0.3) is 0 Å². The van der Waals surface area contributed by atoms with Crippen molar-refractivity contribution in [3.05, 3.63) is 46.4 Å². The van der Waals surface area contributed by atoms with Crippen LogP contribution in [-0.4, -0.2) is 17.4 Å². The van der Waals surface area contributed by atoms with Gasteiger partial charge in [0.1, 0.15) is 0 Å². The smallest absolute Gasteiger partial charge is 0.252 e. The molecule has 0 unspecified atom stereocenters. The maximum Gasteiger partial charge on any atom is 0.252 e. The van der Waals surface area contributed by atoms with Gasteiger partial charge in [-0.05, 0) is 73.8 Å². The van der Waals surface area contributed by atoms with Gasteiger partial charge in [-0.3, -0.25) is 4.79 Å². The zero-order valence-electron chi connectivity index (χ0n) is 15.5. The molecule has 1 heterocycles. The number of rotatable bonds is 6. The fourth-order valence-electron chi connectivity index (χ4n) is 6.11. The summed E-state index contributed by atoms with van der Waals surface area (Å²) in [6, 6.07) is 7.99. The summed E-state index contributed by atoms with van der Waals surface area (Å²) in [5, 5.41) is 5.40. The molecular formula is C22H26N2OS2. The number of nitrogens with one attached hydrogen (secondary N) is 1. The summed E-state index contributed by atoms with van der Waals surface area (Å²) in [5.74, 6) is 3.67. The molecular weight excluding hydrogens is 372 g/mol. The largest absolute Gasteiger partial charge is 0.351 e. The number of hydrogen-bond donors (Lipinski definition) is 1. The topological polar surface area (TPSA) is 42.0 Å². The Balaban J connectivity index is 1.25. The van der Waals surface area contributed by atoms with Gasteiger partial charge in [-0.2, -0.15) is 0 Å². The van der Waals surface area contributed by atoms with Gasteiger partial charge in [-0.25, -0.2) is 4.98 Å². The molecule has 2 aromatic rings. The minimum absolute atomic E-state index is 0.0899. The minimum atomic E-state index is 0.0899. The van der Waals surface area contributed by atoms with E-state index in [9.17, 15) is 4.79 Å². The van der Waals surface area contributed by atoms with Crippen molar-refractivity contribution in [2.24, 2.45) is 23.2 Å². The lowest BCUT2D eigenvalue weighted by Gasteiger charge is -2.56. The van der Waals surface area contributed by atoms with Crippen molar-refractivity contribution in [3.8, 4) is 0 Å². The van der Waals surface area contributed by atoms with E-state index in [2.05, 4.69) is 21.7 Å². The highest BCUT2D eigenvalue weighted by Gasteiger charge is 2.50. The van der Waals surface area contributed by atoms with Crippen molar-refractivity contribution in [1.82, 2.24) is 10.3 Å². The highest BCUT2D eigenvalue weighted by Crippen LogP contribution is 2.59. The highest BCUT2D eigenvalue weighted by atomic mass is 32.2. The zero-order valence-corrected chi connectivity index (χ0v) is 17.2. The fourth-order valence-corrected chi connectivity index (χ4v) is 7.73. The molecule has 4 aliphatic rings. The Morgan fingerprint density at radius 2 is 1.85 bits per heavy atom. The van der Waals surface area contributed by atoms with Crippen molar-refractivity contribution < 1.29 is 4.79 Å². The van der Waals surface area contributed by atoms with E-state index in [4.69, 9.17) is 0 Å². The van der Waals surface area contributed by atoms with E-state index in [1.54, 1.807) is 23.1 Å². The van der Waals surface area contributed by atoms with Crippen LogP contribution < -0.4 is 5.32 Å². The van der Waals surface area contributed by atoms with Crippen LogP contribution >= 0.6 is 23.1 Å². The number of aromatic nitrogens is 1. The molecule has 142 valence electrons. The van der Waals surface area contributed by atoms with E-state index in [-0.39, 0.29) is 5.91 Å². The molecule has 27 heavy (non-hydrogen) atoms. The van der Waals surface area contributed by atoms with Gasteiger partial charge in [-0.15, -0.1) is 23.1 Å². The Labute approximate surface area is 169 Å². The van der Waals surface area contributed by atoms with Gasteiger partial charge >= 0.3 is 0 Å². The van der Waals surface area contributed by atoms with Crippen LogP contribution in [0.15, 0.2) is 40.1 Å². The van der Waals surface area contributed by atoms with Crippen LogP contribution in [-0.2, 0) is 5.75 Å². The summed E-state index contributed by atoms with van der Waals surface area (Å²) in [4.78, 5) is 18.4. The Kier molecular flexibility index (Phi) is 4.76. The predicted molar refractivity (Wildman–Crippen MR) is 111 cm³/mol. The van der Waals surface area contributed by atoms with Crippen molar-refractivity contribution in [2.45, 2.75) is 49.2 Å². The average molecular weight is 399 g/mol. The van der Waals surface area contributed by atoms with E-state index < -0.39 is 0 Å². The normalized spacial score (nSPS) is 31.2. The molecule has 0 saturated heterocycles. The summed E-state index contributed by atoms with van der Waals surface area (Å²) >= 11 is 3.32. The average Bonchev–Trinajstić information content (AvgIpc) is 3.17. The SMILES string of the molecule is O=C(NCC12CC3CC(CC(C3)C1)C2)c1ccccc1SCc1cscn1. The van der Waals surface area contributed by atoms with Gasteiger partial charge < -0.3 is 5.32 Å². The van der Waals surface area contributed by atoms with Gasteiger partial charge in [0.15, 0.2) is 0 Å². The van der Waals surface area contributed by atoms with Gasteiger partial charge in [-0.1, -0.05) is 12.1 Å². The standard InChI is InChI=1S/C22H26N2OS2/c25-21(19-3-1-2-4-20(19)27-12-18-11-26-14-24-18)23-13-22-8-15-5-16(9-22)7-17(6-15)10-22/h1-4,11,14-17H,5-10,12-13H2,(H,23,25). The van der Waals surface area contributed by atoms with Crippen molar-refractivity contribution in [1.29, 1.82) is 0 Å². The van der Waals surface area contributed by atoms with Gasteiger partial charge in [0, 0.05) is 22.6 Å². The Hall–Kier alpha value is -1.33. The molecule has 0 atom stereocenters. The minimum Gasteiger partial charge on any atom is -0.351 e. The molecule has 0 radical (unpaired) electrons. The molecule has 0 spiro atoms. The summed E-state index contributed by atoms with van der Waals surface area (Å²) in [5.41, 5.74) is 4.13. The van der Waals surface area contributed by atoms with Crippen LogP contribution in [0, 0.1) is 23.2 Å². The van der Waals surface area contributed by atoms with E-state index in [1.165, 1.54) is 38.5 Å². The molecule has 4 aliphatic carbocycles. The Bertz CT molecular complexity index is 782. The number of thiazole rings is 1. The third-order valence-electron chi connectivity index (χ3n) is 6.78. The molecule has 1 N–H and O–H groups in total. The molecule has 4 saturated carbocycles. The molecule has 1 aromatic carbocycles. The third-order valence-corrected chi connectivity index (χ3v) is 8.52. The van der Waals surface area contributed by atoms with Crippen molar-refractivity contribution in [3.63, 3.8) is 0 Å². The Morgan fingerprint density at radius 1 is 1.15 bits per heavy atom. The molecule has 0 aliphatic heterocycles. The second kappa shape index (κ2) is 7.25. The van der Waals surface area contributed by atoms with Gasteiger partial charge in [0.05, 0.1) is 16.8 Å². The molecule has 3 nitrogen and oxygen atoms in total. The lowest BCUT2D eigenvalue weighted by Crippen LogP contribution is -2.51. The summed E-state index contributed by atoms with van der Waals surface area (Å²) < 4.78 is 0. The number of hydrogen-bond acceptors (Lipinski definition) is 4. The van der Waals surface area contributed by atoms with Crippen molar-refractivity contribution >= 4 is 29.0 Å². The fraction of sp³-hybridized carbons (Fsp3) is 0.545. The third kappa shape index (κ3) is 3.68. The predicted octanol–water partition coefficient (Wildman–Crippen LogP) is 5.38. The number of thioether (sulfide) groups is 1. The lowest BCUT2D eigenvalue weighted by molar-refractivity contribution is -0.0503. The first-order valence-corrected chi connectivity index (χ1v) is 12.0. The summed E-state index contributed by atoms with van der Waals surface area (Å²) in [7, 11) is 0. The number of nitrogens with zero attached hydrogens (tertiary/aromatic N) is 1. The number of carbonyl (C=O) groups is 1. The first-order valence-electron chi connectivity index (χ1n) is 10.1. The number of amides is 1. The van der Waals surface area contributed by atoms with Crippen LogP contribution in [0.5, 0.6) is 0 Å². The molecule has 4 fully saturated rings. The van der Waals surface area contributed by atoms with Crippen LogP contribution in [0.2, 0.25) is 0 Å². The molecule has 6 rings (SSSR count). The first kappa shape index (κ1) is 17.7. The quantitative estimate of drug-likeness (QED) is 0.664. The summed E-state index contributed by atoms with van der Waals surface area (Å²) in [6.45, 7) is 0.862. The highest BCUT2D eigenvalue weighted by molar-refractivity contribution is 7.98. The number of benzene rings is 1. The maximum atomic E-state index is 13.0. The molecule has 5 heteroatoms. The van der Waals surface area contributed by atoms with E-state index in [1.807, 2.05) is 23.7 Å². The molecule has 1 aromatic heterocycles. The van der Waals surface area contributed by atoms with Gasteiger partial charge in [0.25, 0.3) is 5.91 Å². The maximum absolute atomic E-state index is 13.0. The monoisotopic (exact) mass is 398 g/mol. The van der Waals surface area contributed by atoms with Crippen LogP contribution in [0.1, 0.15) is 54.6 Å². The van der Waals surface area contributed by atoms with Crippen LogP contribution in [0.3, 0.4) is 0 Å². The van der Waals surface area contributed by atoms with Gasteiger partial charge in [0.2, 0.25) is 0 Å². The van der Waals surface area contributed by atoms with Crippen LogP contribution in [0.4, 0.5) is 0 Å². The second-order valence-corrected chi connectivity index (χ2v) is 10.6.